The van der Waals surface area contributed by atoms with Crippen molar-refractivity contribution in [2.24, 2.45) is 5.92 Å². The fourth-order valence-electron chi connectivity index (χ4n) is 3.43. The van der Waals surface area contributed by atoms with Crippen molar-refractivity contribution in [1.82, 2.24) is 10.2 Å². The predicted octanol–water partition coefficient (Wildman–Crippen LogP) is 2.26. The van der Waals surface area contributed by atoms with E-state index in [0.717, 1.165) is 18.4 Å². The molecule has 0 bridgehead atoms. The van der Waals surface area contributed by atoms with Gasteiger partial charge in [-0.05, 0) is 49.5 Å². The Morgan fingerprint density at radius 1 is 1.33 bits per heavy atom. The summed E-state index contributed by atoms with van der Waals surface area (Å²) >= 11 is 0. The van der Waals surface area contributed by atoms with Gasteiger partial charge in [-0.25, -0.2) is 0 Å². The van der Waals surface area contributed by atoms with Crippen molar-refractivity contribution in [2.75, 3.05) is 32.7 Å². The first-order valence-electron chi connectivity index (χ1n) is 7.37. The highest BCUT2D eigenvalue weighted by atomic mass is 15.2. The first-order chi connectivity index (χ1) is 8.86. The van der Waals surface area contributed by atoms with E-state index in [1.54, 1.807) is 11.1 Å². The molecule has 1 aromatic rings. The van der Waals surface area contributed by atoms with Gasteiger partial charge in [0.25, 0.3) is 0 Å². The number of nitrogens with zero attached hydrogens (tertiary/aromatic N) is 1. The lowest BCUT2D eigenvalue weighted by molar-refractivity contribution is 0.289. The van der Waals surface area contributed by atoms with E-state index in [1.165, 1.54) is 39.0 Å². The third-order valence-electron chi connectivity index (χ3n) is 4.49. The minimum absolute atomic E-state index is 0.805. The van der Waals surface area contributed by atoms with Gasteiger partial charge in [-0.2, -0.15) is 0 Å². The van der Waals surface area contributed by atoms with Crippen molar-refractivity contribution in [3.05, 3.63) is 35.4 Å². The minimum atomic E-state index is 0.805. The maximum atomic E-state index is 3.48. The Hall–Kier alpha value is -0.860. The number of fused-ring (bicyclic) bond motifs is 1. The number of nitrogens with one attached hydrogen (secondary N) is 1. The molecule has 0 aromatic heterocycles. The Kier molecular flexibility index (Phi) is 3.67. The van der Waals surface area contributed by atoms with E-state index < -0.39 is 0 Å². The summed E-state index contributed by atoms with van der Waals surface area (Å²) in [5.74, 6) is 1.68. The van der Waals surface area contributed by atoms with Crippen molar-refractivity contribution in [3.63, 3.8) is 0 Å². The van der Waals surface area contributed by atoms with Crippen molar-refractivity contribution in [2.45, 2.75) is 25.7 Å². The first-order valence-corrected chi connectivity index (χ1v) is 7.37. The van der Waals surface area contributed by atoms with E-state index in [0.29, 0.717) is 0 Å². The zero-order valence-corrected chi connectivity index (χ0v) is 11.4. The van der Waals surface area contributed by atoms with Gasteiger partial charge in [0, 0.05) is 19.0 Å². The van der Waals surface area contributed by atoms with Gasteiger partial charge in [0.2, 0.25) is 0 Å². The monoisotopic (exact) mass is 244 g/mol. The molecule has 2 unspecified atom stereocenters. The van der Waals surface area contributed by atoms with Crippen molar-refractivity contribution in [1.29, 1.82) is 0 Å². The second-order valence-corrected chi connectivity index (χ2v) is 5.82. The van der Waals surface area contributed by atoms with Gasteiger partial charge >= 0.3 is 0 Å². The third kappa shape index (κ3) is 2.45. The molecule has 3 rings (SSSR count). The largest absolute Gasteiger partial charge is 0.317 e. The Morgan fingerprint density at radius 2 is 2.22 bits per heavy atom. The molecule has 2 atom stereocenters. The standard InChI is InChI=1S/C16H24N2/c1-2-17-10-13-7-8-18(11-13)12-15-9-14-5-3-4-6-16(14)15/h3-6,13,15,17H,2,7-12H2,1H3. The number of hydrogen-bond donors (Lipinski definition) is 1. The summed E-state index contributed by atoms with van der Waals surface area (Å²) in [5.41, 5.74) is 3.18. The summed E-state index contributed by atoms with van der Waals surface area (Å²) in [5, 5.41) is 3.48. The van der Waals surface area contributed by atoms with Gasteiger partial charge in [-0.1, -0.05) is 31.2 Å². The highest BCUT2D eigenvalue weighted by molar-refractivity contribution is 5.40. The van der Waals surface area contributed by atoms with Crippen LogP contribution in [0.5, 0.6) is 0 Å². The Labute approximate surface area is 110 Å². The normalized spacial score (nSPS) is 26.9. The molecule has 0 radical (unpaired) electrons. The second-order valence-electron chi connectivity index (χ2n) is 5.82. The highest BCUT2D eigenvalue weighted by Crippen LogP contribution is 2.36. The summed E-state index contributed by atoms with van der Waals surface area (Å²) in [4.78, 5) is 2.67. The Balaban J connectivity index is 1.48. The van der Waals surface area contributed by atoms with E-state index in [-0.39, 0.29) is 0 Å². The number of likely N-dealkylation sites (tertiary alicyclic amines) is 1. The smallest absolute Gasteiger partial charge is 0.00537 e. The lowest BCUT2D eigenvalue weighted by Crippen LogP contribution is -2.33. The zero-order valence-electron chi connectivity index (χ0n) is 11.4. The second kappa shape index (κ2) is 5.41. The number of benzene rings is 1. The summed E-state index contributed by atoms with van der Waals surface area (Å²) in [6, 6.07) is 8.94. The van der Waals surface area contributed by atoms with Crippen LogP contribution in [0, 0.1) is 5.92 Å². The molecule has 1 aromatic carbocycles. The lowest BCUT2D eigenvalue weighted by atomic mass is 9.77. The van der Waals surface area contributed by atoms with Crippen molar-refractivity contribution < 1.29 is 0 Å². The average Bonchev–Trinajstić information content (AvgIpc) is 2.81. The molecule has 1 saturated heterocycles. The molecular formula is C16H24N2. The molecule has 0 saturated carbocycles. The van der Waals surface area contributed by atoms with Gasteiger partial charge in [0.1, 0.15) is 0 Å². The fourth-order valence-corrected chi connectivity index (χ4v) is 3.43. The van der Waals surface area contributed by atoms with Crippen LogP contribution >= 0.6 is 0 Å². The SMILES string of the molecule is CCNCC1CCN(CC2Cc3ccccc32)C1. The van der Waals surface area contributed by atoms with Crippen LogP contribution < -0.4 is 5.32 Å². The van der Waals surface area contributed by atoms with Crippen LogP contribution in [0.2, 0.25) is 0 Å². The number of hydrogen-bond acceptors (Lipinski definition) is 2. The molecule has 1 fully saturated rings. The van der Waals surface area contributed by atoms with Gasteiger partial charge in [-0.15, -0.1) is 0 Å². The molecule has 0 spiro atoms. The van der Waals surface area contributed by atoms with Crippen LogP contribution in [0.3, 0.4) is 0 Å². The molecule has 2 heteroatoms. The molecule has 18 heavy (non-hydrogen) atoms. The van der Waals surface area contributed by atoms with E-state index in [2.05, 4.69) is 41.4 Å². The minimum Gasteiger partial charge on any atom is -0.317 e. The van der Waals surface area contributed by atoms with Gasteiger partial charge in [0.05, 0.1) is 0 Å². The molecule has 98 valence electrons. The van der Waals surface area contributed by atoms with Crippen molar-refractivity contribution >= 4 is 0 Å². The summed E-state index contributed by atoms with van der Waals surface area (Å²) in [7, 11) is 0. The van der Waals surface area contributed by atoms with Crippen molar-refractivity contribution in [3.8, 4) is 0 Å². The van der Waals surface area contributed by atoms with Crippen LogP contribution in [0.25, 0.3) is 0 Å². The Morgan fingerprint density at radius 3 is 3.06 bits per heavy atom. The zero-order chi connectivity index (χ0) is 12.4. The molecule has 2 nitrogen and oxygen atoms in total. The van der Waals surface area contributed by atoms with Gasteiger partial charge < -0.3 is 10.2 Å². The molecule has 1 aliphatic heterocycles. The van der Waals surface area contributed by atoms with Crippen LogP contribution in [0.1, 0.15) is 30.4 Å². The molecule has 1 N–H and O–H groups in total. The fraction of sp³-hybridized carbons (Fsp3) is 0.625. The van der Waals surface area contributed by atoms with Crippen LogP contribution in [-0.2, 0) is 6.42 Å². The quantitative estimate of drug-likeness (QED) is 0.854. The average molecular weight is 244 g/mol. The lowest BCUT2D eigenvalue weighted by Gasteiger charge is -2.33. The predicted molar refractivity (Wildman–Crippen MR) is 76.0 cm³/mol. The van der Waals surface area contributed by atoms with Gasteiger partial charge in [0.15, 0.2) is 0 Å². The van der Waals surface area contributed by atoms with E-state index in [4.69, 9.17) is 0 Å². The van der Waals surface area contributed by atoms with Crippen LogP contribution in [0.15, 0.2) is 24.3 Å². The maximum Gasteiger partial charge on any atom is 0.00537 e. The van der Waals surface area contributed by atoms with E-state index >= 15 is 0 Å². The first kappa shape index (κ1) is 12.2. The summed E-state index contributed by atoms with van der Waals surface area (Å²) < 4.78 is 0. The number of rotatable bonds is 5. The molecule has 1 aliphatic carbocycles. The van der Waals surface area contributed by atoms with Gasteiger partial charge in [-0.3, -0.25) is 0 Å². The van der Waals surface area contributed by atoms with Crippen LogP contribution in [-0.4, -0.2) is 37.6 Å². The molecular weight excluding hydrogens is 220 g/mol. The highest BCUT2D eigenvalue weighted by Gasteiger charge is 2.30. The summed E-state index contributed by atoms with van der Waals surface area (Å²) in [6.45, 7) is 8.37. The van der Waals surface area contributed by atoms with E-state index in [9.17, 15) is 0 Å². The summed E-state index contributed by atoms with van der Waals surface area (Å²) in [6.07, 6.45) is 2.67. The maximum absolute atomic E-state index is 3.48. The molecule has 1 heterocycles. The van der Waals surface area contributed by atoms with E-state index in [1.807, 2.05) is 0 Å². The van der Waals surface area contributed by atoms with Crippen LogP contribution in [0.4, 0.5) is 0 Å². The topological polar surface area (TPSA) is 15.3 Å². The third-order valence-corrected chi connectivity index (χ3v) is 4.49. The molecule has 0 amide bonds. The Bertz CT molecular complexity index is 402. The molecule has 2 aliphatic rings.